The first-order valence-electron chi connectivity index (χ1n) is 10.7. The SMILES string of the molecule is COc1ccc(OC(C)C(=O)Nc2nnc(-c3ccccc3Oc3nc(OC)cc(OC)n3)s2)cc1. The molecule has 0 fully saturated rings. The van der Waals surface area contributed by atoms with E-state index in [0.717, 1.165) is 0 Å². The standard InChI is InChI=1S/C24H23N5O6S/c1-14(34-16-11-9-15(31-2)10-12-16)21(30)27-24-29-28-22(36-24)17-7-5-6-8-18(17)35-23-25-19(32-3)13-20(26-23)33-4/h5-14H,1-4H3,(H,27,29,30). The molecule has 0 spiro atoms. The quantitative estimate of drug-likeness (QED) is 0.332. The third-order valence-corrected chi connectivity index (χ3v) is 5.66. The number of para-hydroxylation sites is 1. The lowest BCUT2D eigenvalue weighted by atomic mass is 10.2. The van der Waals surface area contributed by atoms with Crippen LogP contribution < -0.4 is 29.0 Å². The van der Waals surface area contributed by atoms with Gasteiger partial charge in [0, 0.05) is 0 Å². The molecule has 0 saturated carbocycles. The number of anilines is 1. The number of nitrogens with one attached hydrogen (secondary N) is 1. The average molecular weight is 510 g/mol. The van der Waals surface area contributed by atoms with Crippen molar-refractivity contribution < 1.29 is 28.5 Å². The van der Waals surface area contributed by atoms with E-state index in [1.807, 2.05) is 12.1 Å². The van der Waals surface area contributed by atoms with E-state index in [1.165, 1.54) is 31.6 Å². The normalized spacial score (nSPS) is 11.3. The van der Waals surface area contributed by atoms with Crippen LogP contribution in [0.2, 0.25) is 0 Å². The molecule has 36 heavy (non-hydrogen) atoms. The fourth-order valence-corrected chi connectivity index (χ4v) is 3.75. The van der Waals surface area contributed by atoms with Gasteiger partial charge in [-0.2, -0.15) is 9.97 Å². The predicted octanol–water partition coefficient (Wildman–Crippen LogP) is 4.22. The Morgan fingerprint density at radius 1 is 0.889 bits per heavy atom. The van der Waals surface area contributed by atoms with Crippen LogP contribution in [-0.2, 0) is 4.79 Å². The van der Waals surface area contributed by atoms with Gasteiger partial charge in [-0.3, -0.25) is 10.1 Å². The lowest BCUT2D eigenvalue weighted by Crippen LogP contribution is -2.30. The summed E-state index contributed by atoms with van der Waals surface area (Å²) in [7, 11) is 4.55. The lowest BCUT2D eigenvalue weighted by Gasteiger charge is -2.13. The van der Waals surface area contributed by atoms with Gasteiger partial charge in [-0.25, -0.2) is 0 Å². The van der Waals surface area contributed by atoms with Gasteiger partial charge < -0.3 is 23.7 Å². The first-order chi connectivity index (χ1) is 17.5. The van der Waals surface area contributed by atoms with Gasteiger partial charge in [-0.05, 0) is 43.3 Å². The Hall–Kier alpha value is -4.45. The minimum absolute atomic E-state index is 0.0428. The zero-order valence-electron chi connectivity index (χ0n) is 19.9. The highest BCUT2D eigenvalue weighted by molar-refractivity contribution is 7.18. The summed E-state index contributed by atoms with van der Waals surface area (Å²) in [5.41, 5.74) is 0.642. The monoisotopic (exact) mass is 509 g/mol. The molecule has 2 aromatic heterocycles. The Labute approximate surface area is 211 Å². The van der Waals surface area contributed by atoms with Crippen LogP contribution in [0.3, 0.4) is 0 Å². The largest absolute Gasteiger partial charge is 0.497 e. The number of amides is 1. The van der Waals surface area contributed by atoms with E-state index in [4.69, 9.17) is 23.7 Å². The highest BCUT2D eigenvalue weighted by Crippen LogP contribution is 2.36. The van der Waals surface area contributed by atoms with Crippen molar-refractivity contribution in [1.82, 2.24) is 20.2 Å². The van der Waals surface area contributed by atoms with Gasteiger partial charge in [0.2, 0.25) is 16.9 Å². The molecule has 11 nitrogen and oxygen atoms in total. The third-order valence-electron chi connectivity index (χ3n) is 4.79. The lowest BCUT2D eigenvalue weighted by molar-refractivity contribution is -0.122. The molecular weight excluding hydrogens is 486 g/mol. The van der Waals surface area contributed by atoms with Gasteiger partial charge >= 0.3 is 6.01 Å². The first kappa shape index (κ1) is 24.7. The number of ether oxygens (including phenoxy) is 5. The molecular formula is C24H23N5O6S. The Balaban J connectivity index is 1.46. The molecule has 1 N–H and O–H groups in total. The fourth-order valence-electron chi connectivity index (χ4n) is 2.97. The summed E-state index contributed by atoms with van der Waals surface area (Å²) in [6.45, 7) is 1.65. The summed E-state index contributed by atoms with van der Waals surface area (Å²) >= 11 is 1.19. The number of aromatic nitrogens is 4. The Morgan fingerprint density at radius 2 is 1.56 bits per heavy atom. The van der Waals surface area contributed by atoms with Crippen LogP contribution in [0.4, 0.5) is 5.13 Å². The van der Waals surface area contributed by atoms with E-state index in [1.54, 1.807) is 50.4 Å². The van der Waals surface area contributed by atoms with Crippen LogP contribution in [0.1, 0.15) is 6.92 Å². The van der Waals surface area contributed by atoms with Crippen molar-refractivity contribution in [2.45, 2.75) is 13.0 Å². The van der Waals surface area contributed by atoms with Crippen molar-refractivity contribution in [2.24, 2.45) is 0 Å². The summed E-state index contributed by atoms with van der Waals surface area (Å²) in [5.74, 6) is 1.90. The first-order valence-corrected chi connectivity index (χ1v) is 11.5. The van der Waals surface area contributed by atoms with Crippen molar-refractivity contribution in [3.8, 4) is 45.6 Å². The second kappa shape index (κ2) is 11.3. The molecule has 12 heteroatoms. The maximum absolute atomic E-state index is 12.6. The van der Waals surface area contributed by atoms with Crippen LogP contribution in [0, 0.1) is 0 Å². The predicted molar refractivity (Wildman–Crippen MR) is 132 cm³/mol. The number of nitrogens with zero attached hydrogens (tertiary/aromatic N) is 4. The molecule has 0 radical (unpaired) electrons. The van der Waals surface area contributed by atoms with Crippen LogP contribution >= 0.6 is 11.3 Å². The topological polar surface area (TPSA) is 127 Å². The number of methoxy groups -OCH3 is 3. The van der Waals surface area contributed by atoms with Crippen molar-refractivity contribution in [3.05, 3.63) is 54.6 Å². The average Bonchev–Trinajstić information content (AvgIpc) is 3.37. The number of rotatable bonds is 10. The molecule has 1 unspecified atom stereocenters. The van der Waals surface area contributed by atoms with E-state index >= 15 is 0 Å². The molecule has 0 aliphatic rings. The number of carbonyl (C=O) groups excluding carboxylic acids is 1. The molecule has 0 saturated heterocycles. The summed E-state index contributed by atoms with van der Waals surface area (Å²) in [5, 5.41) is 11.9. The molecule has 4 aromatic rings. The Morgan fingerprint density at radius 3 is 2.22 bits per heavy atom. The van der Waals surface area contributed by atoms with Crippen LogP contribution in [0.25, 0.3) is 10.6 Å². The second-order valence-electron chi connectivity index (χ2n) is 7.17. The minimum Gasteiger partial charge on any atom is -0.497 e. The van der Waals surface area contributed by atoms with E-state index < -0.39 is 6.10 Å². The highest BCUT2D eigenvalue weighted by Gasteiger charge is 2.19. The van der Waals surface area contributed by atoms with Crippen molar-refractivity contribution >= 4 is 22.4 Å². The van der Waals surface area contributed by atoms with Gasteiger partial charge in [-0.15, -0.1) is 10.2 Å². The maximum atomic E-state index is 12.6. The van der Waals surface area contributed by atoms with Crippen molar-refractivity contribution in [3.63, 3.8) is 0 Å². The third kappa shape index (κ3) is 5.96. The number of carbonyl (C=O) groups is 1. The molecule has 4 rings (SSSR count). The number of hydrogen-bond donors (Lipinski definition) is 1. The highest BCUT2D eigenvalue weighted by atomic mass is 32.1. The van der Waals surface area contributed by atoms with Gasteiger partial charge in [0.15, 0.2) is 11.1 Å². The molecule has 2 aromatic carbocycles. The Bertz CT molecular complexity index is 1310. The minimum atomic E-state index is -0.762. The molecule has 0 bridgehead atoms. The maximum Gasteiger partial charge on any atom is 0.328 e. The molecule has 0 aliphatic heterocycles. The van der Waals surface area contributed by atoms with E-state index in [9.17, 15) is 4.79 Å². The van der Waals surface area contributed by atoms with E-state index in [0.29, 0.717) is 44.7 Å². The molecule has 0 aliphatic carbocycles. The van der Waals surface area contributed by atoms with Gasteiger partial charge in [0.1, 0.15) is 17.2 Å². The van der Waals surface area contributed by atoms with Crippen LogP contribution in [0.15, 0.2) is 54.6 Å². The molecule has 1 atom stereocenters. The summed E-state index contributed by atoms with van der Waals surface area (Å²) < 4.78 is 27.1. The van der Waals surface area contributed by atoms with Gasteiger partial charge in [0.25, 0.3) is 5.91 Å². The van der Waals surface area contributed by atoms with E-state index in [2.05, 4.69) is 25.5 Å². The molecule has 186 valence electrons. The summed E-state index contributed by atoms with van der Waals surface area (Å²) in [6, 6.07) is 15.7. The zero-order chi connectivity index (χ0) is 25.5. The molecule has 2 heterocycles. The second-order valence-corrected chi connectivity index (χ2v) is 8.15. The smallest absolute Gasteiger partial charge is 0.328 e. The van der Waals surface area contributed by atoms with Gasteiger partial charge in [-0.1, -0.05) is 23.5 Å². The molecule has 1 amide bonds. The Kier molecular flexibility index (Phi) is 7.75. The van der Waals surface area contributed by atoms with Crippen LogP contribution in [-0.4, -0.2) is 53.5 Å². The zero-order valence-corrected chi connectivity index (χ0v) is 20.7. The number of benzene rings is 2. The van der Waals surface area contributed by atoms with E-state index in [-0.39, 0.29) is 11.9 Å². The summed E-state index contributed by atoms with van der Waals surface area (Å²) in [6.07, 6.45) is -0.762. The summed E-state index contributed by atoms with van der Waals surface area (Å²) in [4.78, 5) is 21.0. The van der Waals surface area contributed by atoms with Crippen molar-refractivity contribution in [1.29, 1.82) is 0 Å². The van der Waals surface area contributed by atoms with Crippen LogP contribution in [0.5, 0.6) is 35.0 Å². The number of hydrogen-bond acceptors (Lipinski definition) is 11. The van der Waals surface area contributed by atoms with Crippen molar-refractivity contribution in [2.75, 3.05) is 26.6 Å². The fraction of sp³-hybridized carbons (Fsp3) is 0.208. The van der Waals surface area contributed by atoms with Gasteiger partial charge in [0.05, 0.1) is 33.0 Å².